The van der Waals surface area contributed by atoms with E-state index in [1.807, 2.05) is 6.07 Å². The minimum absolute atomic E-state index is 0.0342. The monoisotopic (exact) mass is 471 g/mol. The van der Waals surface area contributed by atoms with Gasteiger partial charge in [0, 0.05) is 25.3 Å². The van der Waals surface area contributed by atoms with Crippen LogP contribution in [-0.2, 0) is 10.0 Å². The summed E-state index contributed by atoms with van der Waals surface area (Å²) in [7, 11) is -0.558. The largest absolute Gasteiger partial charge is 0.345 e. The fraction of sp³-hybridized carbons (Fsp3) is 0.130. The van der Waals surface area contributed by atoms with Crippen LogP contribution in [0.1, 0.15) is 26.3 Å². The molecular weight excluding hydrogens is 450 g/mol. The number of rotatable bonds is 6. The quantitative estimate of drug-likeness (QED) is 0.556. The standard InChI is InChI=1S/C23H22ClN3O4S/c1-15-6-4-5-7-21(15)26-32(30,31)18-11-8-16(9-12-18)22(28)25-17-10-13-19(20(24)14-17)23(29)27(2)3/h4-14,26H,1-3H3,(H,25,28). The number of aryl methyl sites for hydroxylation is 1. The van der Waals surface area contributed by atoms with Crippen molar-refractivity contribution in [1.29, 1.82) is 0 Å². The molecule has 166 valence electrons. The number of hydrogen-bond donors (Lipinski definition) is 2. The summed E-state index contributed by atoms with van der Waals surface area (Å²) in [5, 5.41) is 2.90. The number of benzene rings is 3. The molecule has 0 spiro atoms. The van der Waals surface area contributed by atoms with Gasteiger partial charge < -0.3 is 10.2 Å². The van der Waals surface area contributed by atoms with Crippen molar-refractivity contribution in [3.63, 3.8) is 0 Å². The smallest absolute Gasteiger partial charge is 0.261 e. The Morgan fingerprint density at radius 2 is 1.59 bits per heavy atom. The third-order valence-electron chi connectivity index (χ3n) is 4.68. The SMILES string of the molecule is Cc1ccccc1NS(=O)(=O)c1ccc(C(=O)Nc2ccc(C(=O)N(C)C)c(Cl)c2)cc1. The number of carbonyl (C=O) groups excluding carboxylic acids is 2. The fourth-order valence-electron chi connectivity index (χ4n) is 2.89. The number of carbonyl (C=O) groups is 2. The average molecular weight is 472 g/mol. The summed E-state index contributed by atoms with van der Waals surface area (Å²) in [6.45, 7) is 1.81. The summed E-state index contributed by atoms with van der Waals surface area (Å²) in [4.78, 5) is 26.1. The highest BCUT2D eigenvalue weighted by atomic mass is 35.5. The van der Waals surface area contributed by atoms with E-state index in [2.05, 4.69) is 10.0 Å². The van der Waals surface area contributed by atoms with Crippen LogP contribution in [0.5, 0.6) is 0 Å². The van der Waals surface area contributed by atoms with Gasteiger partial charge in [-0.25, -0.2) is 8.42 Å². The van der Waals surface area contributed by atoms with Crippen LogP contribution in [0.25, 0.3) is 0 Å². The molecule has 3 aromatic rings. The third kappa shape index (κ3) is 5.27. The third-order valence-corrected chi connectivity index (χ3v) is 6.37. The predicted octanol–water partition coefficient (Wildman–Crippen LogP) is 4.40. The van der Waals surface area contributed by atoms with Gasteiger partial charge in [-0.2, -0.15) is 0 Å². The van der Waals surface area contributed by atoms with Gasteiger partial charge in [-0.05, 0) is 61.0 Å². The second-order valence-electron chi connectivity index (χ2n) is 7.29. The van der Waals surface area contributed by atoms with Crippen molar-refractivity contribution in [3.8, 4) is 0 Å². The van der Waals surface area contributed by atoms with Crippen LogP contribution in [0.2, 0.25) is 5.02 Å². The number of para-hydroxylation sites is 1. The van der Waals surface area contributed by atoms with Gasteiger partial charge in [0.2, 0.25) is 0 Å². The van der Waals surface area contributed by atoms with E-state index in [1.165, 1.54) is 41.3 Å². The number of amides is 2. The molecule has 0 heterocycles. The van der Waals surface area contributed by atoms with Gasteiger partial charge in [-0.1, -0.05) is 29.8 Å². The molecular formula is C23H22ClN3O4S. The Hall–Kier alpha value is -3.36. The molecule has 0 fully saturated rings. The summed E-state index contributed by atoms with van der Waals surface area (Å²) < 4.78 is 27.8. The molecule has 0 radical (unpaired) electrons. The van der Waals surface area contributed by atoms with Crippen molar-refractivity contribution < 1.29 is 18.0 Å². The van der Waals surface area contributed by atoms with Crippen molar-refractivity contribution in [3.05, 3.63) is 88.4 Å². The predicted molar refractivity (Wildman–Crippen MR) is 126 cm³/mol. The Labute approximate surface area is 192 Å². The van der Waals surface area contributed by atoms with Gasteiger partial charge in [0.05, 0.1) is 21.2 Å². The molecule has 32 heavy (non-hydrogen) atoms. The first-order valence-electron chi connectivity index (χ1n) is 9.59. The Bertz CT molecular complexity index is 1270. The highest BCUT2D eigenvalue weighted by Gasteiger charge is 2.17. The summed E-state index contributed by atoms with van der Waals surface area (Å²) in [6, 6.07) is 17.2. The van der Waals surface area contributed by atoms with Gasteiger partial charge in [-0.15, -0.1) is 0 Å². The molecule has 0 aliphatic rings. The number of anilines is 2. The molecule has 0 bridgehead atoms. The van der Waals surface area contributed by atoms with Gasteiger partial charge in [0.1, 0.15) is 0 Å². The zero-order valence-electron chi connectivity index (χ0n) is 17.7. The molecule has 0 aliphatic carbocycles. The molecule has 3 rings (SSSR count). The van der Waals surface area contributed by atoms with E-state index < -0.39 is 15.9 Å². The number of hydrogen-bond acceptors (Lipinski definition) is 4. The van der Waals surface area contributed by atoms with Crippen LogP contribution in [-0.4, -0.2) is 39.2 Å². The minimum atomic E-state index is -3.80. The van der Waals surface area contributed by atoms with E-state index in [0.29, 0.717) is 16.9 Å². The van der Waals surface area contributed by atoms with E-state index in [4.69, 9.17) is 11.6 Å². The van der Waals surface area contributed by atoms with E-state index >= 15 is 0 Å². The van der Waals surface area contributed by atoms with Gasteiger partial charge >= 0.3 is 0 Å². The van der Waals surface area contributed by atoms with Crippen molar-refractivity contribution in [2.24, 2.45) is 0 Å². The molecule has 0 unspecified atom stereocenters. The summed E-state index contributed by atoms with van der Waals surface area (Å²) in [5.41, 5.74) is 2.29. The molecule has 0 atom stereocenters. The highest BCUT2D eigenvalue weighted by molar-refractivity contribution is 7.92. The van der Waals surface area contributed by atoms with Crippen LogP contribution in [0, 0.1) is 6.92 Å². The van der Waals surface area contributed by atoms with Crippen molar-refractivity contribution in [2.75, 3.05) is 24.1 Å². The Balaban J connectivity index is 1.73. The summed E-state index contributed by atoms with van der Waals surface area (Å²) >= 11 is 6.17. The lowest BCUT2D eigenvalue weighted by Crippen LogP contribution is -2.22. The first-order valence-corrected chi connectivity index (χ1v) is 11.5. The van der Waals surface area contributed by atoms with E-state index in [1.54, 1.807) is 45.3 Å². The first-order chi connectivity index (χ1) is 15.1. The molecule has 0 saturated carbocycles. The minimum Gasteiger partial charge on any atom is -0.345 e. The average Bonchev–Trinajstić information content (AvgIpc) is 2.75. The van der Waals surface area contributed by atoms with E-state index in [-0.39, 0.29) is 21.4 Å². The Morgan fingerprint density at radius 3 is 2.19 bits per heavy atom. The Morgan fingerprint density at radius 1 is 0.938 bits per heavy atom. The van der Waals surface area contributed by atoms with Crippen LogP contribution in [0.15, 0.2) is 71.6 Å². The zero-order chi connectivity index (χ0) is 23.5. The molecule has 0 saturated heterocycles. The van der Waals surface area contributed by atoms with E-state index in [0.717, 1.165) is 5.56 Å². The molecule has 3 aromatic carbocycles. The van der Waals surface area contributed by atoms with Gasteiger partial charge in [0.15, 0.2) is 0 Å². The lowest BCUT2D eigenvalue weighted by Gasteiger charge is -2.13. The number of nitrogens with one attached hydrogen (secondary N) is 2. The lowest BCUT2D eigenvalue weighted by molar-refractivity contribution is 0.0827. The Kier molecular flexibility index (Phi) is 6.86. The fourth-order valence-corrected chi connectivity index (χ4v) is 4.28. The molecule has 0 aliphatic heterocycles. The van der Waals surface area contributed by atoms with Gasteiger partial charge in [0.25, 0.3) is 21.8 Å². The normalized spacial score (nSPS) is 11.0. The molecule has 2 N–H and O–H groups in total. The molecule has 7 nitrogen and oxygen atoms in total. The molecule has 0 aromatic heterocycles. The maximum atomic E-state index is 12.6. The van der Waals surface area contributed by atoms with Crippen LogP contribution < -0.4 is 10.0 Å². The van der Waals surface area contributed by atoms with Crippen molar-refractivity contribution in [1.82, 2.24) is 4.90 Å². The number of nitrogens with zero attached hydrogens (tertiary/aromatic N) is 1. The van der Waals surface area contributed by atoms with E-state index in [9.17, 15) is 18.0 Å². The highest BCUT2D eigenvalue weighted by Crippen LogP contribution is 2.23. The lowest BCUT2D eigenvalue weighted by atomic mass is 10.1. The molecule has 2 amide bonds. The van der Waals surface area contributed by atoms with Crippen LogP contribution in [0.4, 0.5) is 11.4 Å². The molecule has 9 heteroatoms. The summed E-state index contributed by atoms with van der Waals surface area (Å²) in [6.07, 6.45) is 0. The number of sulfonamides is 1. The second kappa shape index (κ2) is 9.42. The zero-order valence-corrected chi connectivity index (χ0v) is 19.3. The van der Waals surface area contributed by atoms with Crippen molar-refractivity contribution in [2.45, 2.75) is 11.8 Å². The van der Waals surface area contributed by atoms with Crippen LogP contribution in [0.3, 0.4) is 0 Å². The van der Waals surface area contributed by atoms with Crippen LogP contribution >= 0.6 is 11.6 Å². The van der Waals surface area contributed by atoms with Crippen molar-refractivity contribution >= 4 is 44.8 Å². The summed E-state index contributed by atoms with van der Waals surface area (Å²) in [5.74, 6) is -0.687. The maximum absolute atomic E-state index is 12.6. The second-order valence-corrected chi connectivity index (χ2v) is 9.38. The number of halogens is 1. The maximum Gasteiger partial charge on any atom is 0.261 e. The topological polar surface area (TPSA) is 95.6 Å². The first kappa shape index (κ1) is 23.3. The van der Waals surface area contributed by atoms with Gasteiger partial charge in [-0.3, -0.25) is 14.3 Å².